The quantitative estimate of drug-likeness (QED) is 0.805. The van der Waals surface area contributed by atoms with E-state index in [1.54, 1.807) is 12.3 Å². The maximum absolute atomic E-state index is 5.71. The molecule has 0 saturated carbocycles. The second kappa shape index (κ2) is 6.30. The van der Waals surface area contributed by atoms with Gasteiger partial charge in [-0.05, 0) is 19.3 Å². The number of nitrogens with zero attached hydrogens (tertiary/aromatic N) is 2. The Kier molecular flexibility index (Phi) is 5.02. The van der Waals surface area contributed by atoms with Crippen molar-refractivity contribution in [2.45, 2.75) is 40.2 Å². The van der Waals surface area contributed by atoms with Gasteiger partial charge in [0.2, 0.25) is 11.8 Å². The largest absolute Gasteiger partial charge is 0.474 e. The summed E-state index contributed by atoms with van der Waals surface area (Å²) in [5.74, 6) is 1.74. The van der Waals surface area contributed by atoms with E-state index in [2.05, 4.69) is 36.1 Å². The Morgan fingerprint density at radius 2 is 2.12 bits per heavy atom. The fourth-order valence-electron chi connectivity index (χ4n) is 1.06. The van der Waals surface area contributed by atoms with Crippen molar-refractivity contribution in [3.63, 3.8) is 0 Å². The van der Waals surface area contributed by atoms with Crippen molar-refractivity contribution >= 4 is 5.95 Å². The molecule has 0 aliphatic heterocycles. The SMILES string of the molecule is CCCNc1nccc(OC(C)C(C)C)n1. The number of hydrogen-bond acceptors (Lipinski definition) is 4. The van der Waals surface area contributed by atoms with Crippen LogP contribution in [0.5, 0.6) is 5.88 Å². The third-order valence-corrected chi connectivity index (χ3v) is 2.41. The molecular weight excluding hydrogens is 202 g/mol. The summed E-state index contributed by atoms with van der Waals surface area (Å²) in [4.78, 5) is 8.42. The maximum atomic E-state index is 5.71. The number of rotatable bonds is 6. The van der Waals surface area contributed by atoms with E-state index < -0.39 is 0 Å². The zero-order valence-corrected chi connectivity index (χ0v) is 10.5. The monoisotopic (exact) mass is 223 g/mol. The minimum absolute atomic E-state index is 0.161. The van der Waals surface area contributed by atoms with E-state index >= 15 is 0 Å². The summed E-state index contributed by atoms with van der Waals surface area (Å²) in [5.41, 5.74) is 0. The molecule has 90 valence electrons. The van der Waals surface area contributed by atoms with Gasteiger partial charge in [0.05, 0.1) is 6.10 Å². The second-order valence-corrected chi connectivity index (χ2v) is 4.21. The van der Waals surface area contributed by atoms with Crippen LogP contribution in [0.2, 0.25) is 0 Å². The van der Waals surface area contributed by atoms with Crippen molar-refractivity contribution in [3.8, 4) is 5.88 Å². The Balaban J connectivity index is 2.59. The molecule has 0 radical (unpaired) electrons. The van der Waals surface area contributed by atoms with Crippen LogP contribution in [-0.2, 0) is 0 Å². The third-order valence-electron chi connectivity index (χ3n) is 2.41. The van der Waals surface area contributed by atoms with Gasteiger partial charge in [-0.15, -0.1) is 0 Å². The highest BCUT2D eigenvalue weighted by atomic mass is 16.5. The van der Waals surface area contributed by atoms with Crippen molar-refractivity contribution in [3.05, 3.63) is 12.3 Å². The van der Waals surface area contributed by atoms with Gasteiger partial charge in [-0.1, -0.05) is 20.8 Å². The minimum Gasteiger partial charge on any atom is -0.474 e. The van der Waals surface area contributed by atoms with E-state index in [0.29, 0.717) is 17.7 Å². The molecule has 0 aliphatic carbocycles. The van der Waals surface area contributed by atoms with E-state index in [1.165, 1.54) is 0 Å². The number of ether oxygens (including phenoxy) is 1. The lowest BCUT2D eigenvalue weighted by Crippen LogP contribution is -2.19. The van der Waals surface area contributed by atoms with Crippen LogP contribution in [0.4, 0.5) is 5.95 Å². The van der Waals surface area contributed by atoms with Gasteiger partial charge in [0.15, 0.2) is 0 Å². The summed E-state index contributed by atoms with van der Waals surface area (Å²) >= 11 is 0. The number of anilines is 1. The lowest BCUT2D eigenvalue weighted by molar-refractivity contribution is 0.163. The van der Waals surface area contributed by atoms with Gasteiger partial charge in [-0.2, -0.15) is 4.98 Å². The Morgan fingerprint density at radius 1 is 1.38 bits per heavy atom. The van der Waals surface area contributed by atoms with E-state index in [1.807, 2.05) is 6.92 Å². The summed E-state index contributed by atoms with van der Waals surface area (Å²) in [6, 6.07) is 1.79. The smallest absolute Gasteiger partial charge is 0.225 e. The molecule has 1 rings (SSSR count). The molecule has 4 nitrogen and oxygen atoms in total. The first-order valence-electron chi connectivity index (χ1n) is 5.87. The molecule has 0 spiro atoms. The average Bonchev–Trinajstić information content (AvgIpc) is 2.26. The third kappa shape index (κ3) is 4.04. The summed E-state index contributed by atoms with van der Waals surface area (Å²) in [6.07, 6.45) is 2.93. The summed E-state index contributed by atoms with van der Waals surface area (Å²) in [6.45, 7) is 9.29. The molecule has 1 heterocycles. The summed E-state index contributed by atoms with van der Waals surface area (Å²) in [7, 11) is 0. The molecule has 0 amide bonds. The first-order chi connectivity index (χ1) is 7.63. The van der Waals surface area contributed by atoms with Crippen molar-refractivity contribution in [2.75, 3.05) is 11.9 Å². The average molecular weight is 223 g/mol. The van der Waals surface area contributed by atoms with Gasteiger partial charge in [0, 0.05) is 18.8 Å². The Bertz CT molecular complexity index is 315. The first kappa shape index (κ1) is 12.7. The van der Waals surface area contributed by atoms with Crippen LogP contribution in [0, 0.1) is 5.92 Å². The molecule has 4 heteroatoms. The Morgan fingerprint density at radius 3 is 2.75 bits per heavy atom. The fourth-order valence-corrected chi connectivity index (χ4v) is 1.06. The maximum Gasteiger partial charge on any atom is 0.225 e. The molecular formula is C12H21N3O. The van der Waals surface area contributed by atoms with Gasteiger partial charge in [-0.25, -0.2) is 4.98 Å². The molecule has 16 heavy (non-hydrogen) atoms. The molecule has 0 fully saturated rings. The Hall–Kier alpha value is -1.32. The molecule has 1 aromatic heterocycles. The predicted octanol–water partition coefficient (Wildman–Crippen LogP) is 2.72. The molecule has 1 N–H and O–H groups in total. The minimum atomic E-state index is 0.161. The highest BCUT2D eigenvalue weighted by Gasteiger charge is 2.09. The second-order valence-electron chi connectivity index (χ2n) is 4.21. The molecule has 0 aliphatic rings. The molecule has 0 aromatic carbocycles. The molecule has 1 atom stereocenters. The van der Waals surface area contributed by atoms with Gasteiger partial charge in [0.25, 0.3) is 0 Å². The van der Waals surface area contributed by atoms with Crippen LogP contribution in [0.15, 0.2) is 12.3 Å². The van der Waals surface area contributed by atoms with Gasteiger partial charge in [-0.3, -0.25) is 0 Å². The zero-order chi connectivity index (χ0) is 12.0. The molecule has 1 aromatic rings. The van der Waals surface area contributed by atoms with E-state index in [9.17, 15) is 0 Å². The van der Waals surface area contributed by atoms with Crippen LogP contribution in [-0.4, -0.2) is 22.6 Å². The van der Waals surface area contributed by atoms with Crippen molar-refractivity contribution in [1.82, 2.24) is 9.97 Å². The normalized spacial score (nSPS) is 12.6. The highest BCUT2D eigenvalue weighted by Crippen LogP contribution is 2.13. The van der Waals surface area contributed by atoms with Crippen LogP contribution in [0.25, 0.3) is 0 Å². The van der Waals surface area contributed by atoms with E-state index in [4.69, 9.17) is 4.74 Å². The molecule has 0 bridgehead atoms. The molecule has 1 unspecified atom stereocenters. The highest BCUT2D eigenvalue weighted by molar-refractivity contribution is 5.27. The van der Waals surface area contributed by atoms with Crippen molar-refractivity contribution < 1.29 is 4.74 Å². The van der Waals surface area contributed by atoms with Gasteiger partial charge >= 0.3 is 0 Å². The van der Waals surface area contributed by atoms with Gasteiger partial charge < -0.3 is 10.1 Å². The van der Waals surface area contributed by atoms with Crippen LogP contribution >= 0.6 is 0 Å². The molecule has 0 saturated heterocycles. The van der Waals surface area contributed by atoms with Crippen molar-refractivity contribution in [2.24, 2.45) is 5.92 Å². The van der Waals surface area contributed by atoms with Crippen LogP contribution < -0.4 is 10.1 Å². The first-order valence-corrected chi connectivity index (χ1v) is 5.87. The lowest BCUT2D eigenvalue weighted by atomic mass is 10.1. The topological polar surface area (TPSA) is 47.0 Å². The zero-order valence-electron chi connectivity index (χ0n) is 10.5. The van der Waals surface area contributed by atoms with Gasteiger partial charge in [0.1, 0.15) is 0 Å². The standard InChI is InChI=1S/C12H21N3O/c1-5-7-13-12-14-8-6-11(15-12)16-10(4)9(2)3/h6,8-10H,5,7H2,1-4H3,(H,13,14,15). The van der Waals surface area contributed by atoms with Crippen LogP contribution in [0.3, 0.4) is 0 Å². The predicted molar refractivity (Wildman–Crippen MR) is 65.7 cm³/mol. The number of nitrogens with one attached hydrogen (secondary N) is 1. The van der Waals surface area contributed by atoms with E-state index in [-0.39, 0.29) is 6.10 Å². The Labute approximate surface area is 97.5 Å². The summed E-state index contributed by atoms with van der Waals surface area (Å²) in [5, 5.41) is 3.13. The van der Waals surface area contributed by atoms with Crippen molar-refractivity contribution in [1.29, 1.82) is 0 Å². The fraction of sp³-hybridized carbons (Fsp3) is 0.667. The summed E-state index contributed by atoms with van der Waals surface area (Å²) < 4.78 is 5.71. The number of aromatic nitrogens is 2. The number of hydrogen-bond donors (Lipinski definition) is 1. The lowest BCUT2D eigenvalue weighted by Gasteiger charge is -2.17. The van der Waals surface area contributed by atoms with Crippen LogP contribution in [0.1, 0.15) is 34.1 Å². The van der Waals surface area contributed by atoms with E-state index in [0.717, 1.165) is 13.0 Å².